The van der Waals surface area contributed by atoms with Gasteiger partial charge in [0.25, 0.3) is 0 Å². The van der Waals surface area contributed by atoms with Gasteiger partial charge in [-0.15, -0.1) is 6.58 Å². The van der Waals surface area contributed by atoms with Crippen molar-refractivity contribution in [3.63, 3.8) is 0 Å². The van der Waals surface area contributed by atoms with E-state index in [-0.39, 0.29) is 10.8 Å². The number of allylic oxidation sites excluding steroid dienone is 1. The van der Waals surface area contributed by atoms with E-state index in [2.05, 4.69) is 33.9 Å². The first-order valence-electron chi connectivity index (χ1n) is 8.61. The molecule has 4 atom stereocenters. The van der Waals surface area contributed by atoms with Gasteiger partial charge in [-0.2, -0.15) is 0 Å². The summed E-state index contributed by atoms with van der Waals surface area (Å²) in [5.41, 5.74) is 0.393. The molecule has 0 spiro atoms. The van der Waals surface area contributed by atoms with Gasteiger partial charge >= 0.3 is 0 Å². The van der Waals surface area contributed by atoms with E-state index < -0.39 is 5.60 Å². The lowest BCUT2D eigenvalue weighted by atomic mass is 9.46. The van der Waals surface area contributed by atoms with Crippen LogP contribution in [0.5, 0.6) is 0 Å². The number of ketones is 1. The van der Waals surface area contributed by atoms with Gasteiger partial charge in [0.1, 0.15) is 5.78 Å². The Kier molecular flexibility index (Phi) is 4.47. The lowest BCUT2D eigenvalue weighted by Crippen LogP contribution is -2.53. The first kappa shape index (κ1) is 17.5. The predicted molar refractivity (Wildman–Crippen MR) is 91.5 cm³/mol. The second kappa shape index (κ2) is 5.63. The molecule has 1 N–H and O–H groups in total. The monoisotopic (exact) mass is 304 g/mol. The molecule has 0 bridgehead atoms. The highest BCUT2D eigenvalue weighted by molar-refractivity contribution is 5.85. The maximum atomic E-state index is 12.4. The number of hydrogen-bond donors (Lipinski definition) is 1. The smallest absolute Gasteiger partial charge is 0.138 e. The fourth-order valence-electron chi connectivity index (χ4n) is 5.05. The van der Waals surface area contributed by atoms with Crippen molar-refractivity contribution in [3.05, 3.63) is 24.8 Å². The number of carbonyl (C=O) groups excluding carboxylic acids is 1. The highest BCUT2D eigenvalue weighted by Gasteiger charge is 2.55. The van der Waals surface area contributed by atoms with Crippen molar-refractivity contribution >= 4 is 5.78 Å². The minimum absolute atomic E-state index is 0.129. The van der Waals surface area contributed by atoms with Crippen molar-refractivity contribution in [2.45, 2.75) is 71.8 Å². The molecule has 0 aromatic carbocycles. The van der Waals surface area contributed by atoms with Crippen molar-refractivity contribution in [2.24, 2.45) is 22.7 Å². The van der Waals surface area contributed by atoms with Crippen molar-refractivity contribution in [1.29, 1.82) is 0 Å². The summed E-state index contributed by atoms with van der Waals surface area (Å²) in [5, 5.41) is 10.3. The Hall–Kier alpha value is -0.890. The van der Waals surface area contributed by atoms with Gasteiger partial charge in [0.15, 0.2) is 0 Å². The molecule has 0 aliphatic heterocycles. The molecule has 2 rings (SSSR count). The van der Waals surface area contributed by atoms with Crippen LogP contribution in [0.1, 0.15) is 66.2 Å². The molecule has 0 radical (unpaired) electrons. The number of rotatable bonds is 4. The number of aliphatic hydroxyl groups is 1. The molecule has 0 heterocycles. The molecule has 124 valence electrons. The normalized spacial score (nSPS) is 37.3. The van der Waals surface area contributed by atoms with E-state index in [1.165, 1.54) is 5.57 Å². The number of Topliss-reactive ketones (excluding diaryl/α,β-unsaturated/α-hetero) is 1. The average Bonchev–Trinajstić information content (AvgIpc) is 2.42. The Morgan fingerprint density at radius 1 is 1.36 bits per heavy atom. The zero-order valence-corrected chi connectivity index (χ0v) is 14.7. The minimum Gasteiger partial charge on any atom is -0.386 e. The molecule has 2 aliphatic rings. The maximum Gasteiger partial charge on any atom is 0.138 e. The lowest BCUT2D eigenvalue weighted by Gasteiger charge is -2.57. The molecular formula is C20H32O2. The standard InChI is InChI=1S/C20H32O2/c1-7-19(5,22)12-10-15-14(2)8-9-16-18(3,4)17(21)11-13-20(15,16)6/h7,15-16,22H,1-2,8-13H2,3-6H3. The summed E-state index contributed by atoms with van der Waals surface area (Å²) in [5.74, 6) is 1.23. The number of carbonyl (C=O) groups is 1. The molecule has 0 aromatic heterocycles. The number of fused-ring (bicyclic) bond motifs is 1. The molecule has 0 amide bonds. The van der Waals surface area contributed by atoms with Gasteiger partial charge in [-0.1, -0.05) is 39.0 Å². The molecular weight excluding hydrogens is 272 g/mol. The molecule has 2 nitrogen and oxygen atoms in total. The van der Waals surface area contributed by atoms with E-state index in [1.807, 2.05) is 6.92 Å². The van der Waals surface area contributed by atoms with Crippen LogP contribution < -0.4 is 0 Å². The van der Waals surface area contributed by atoms with Gasteiger partial charge in [-0.3, -0.25) is 4.79 Å². The predicted octanol–water partition coefficient (Wildman–Crippen LogP) is 4.68. The molecule has 2 heteroatoms. The summed E-state index contributed by atoms with van der Waals surface area (Å²) in [6, 6.07) is 0. The molecule has 2 fully saturated rings. The van der Waals surface area contributed by atoms with Gasteiger partial charge < -0.3 is 5.11 Å². The SMILES string of the molecule is C=CC(C)(O)CCC1C(=C)CCC2C(C)(C)C(=O)CCC12C. The van der Waals surface area contributed by atoms with Crippen LogP contribution in [0.25, 0.3) is 0 Å². The van der Waals surface area contributed by atoms with E-state index in [9.17, 15) is 9.90 Å². The van der Waals surface area contributed by atoms with Gasteiger partial charge in [-0.25, -0.2) is 0 Å². The van der Waals surface area contributed by atoms with E-state index in [4.69, 9.17) is 0 Å². The Morgan fingerprint density at radius 2 is 2.00 bits per heavy atom. The maximum absolute atomic E-state index is 12.4. The van der Waals surface area contributed by atoms with Crippen molar-refractivity contribution in [2.75, 3.05) is 0 Å². The van der Waals surface area contributed by atoms with E-state index in [1.54, 1.807) is 6.08 Å². The third-order valence-electron chi connectivity index (χ3n) is 6.70. The molecule has 2 saturated carbocycles. The summed E-state index contributed by atoms with van der Waals surface area (Å²) in [7, 11) is 0. The van der Waals surface area contributed by atoms with Crippen molar-refractivity contribution < 1.29 is 9.90 Å². The summed E-state index contributed by atoms with van der Waals surface area (Å²) in [6.45, 7) is 16.5. The molecule has 0 saturated heterocycles. The van der Waals surface area contributed by atoms with Crippen LogP contribution >= 0.6 is 0 Å². The van der Waals surface area contributed by atoms with Crippen LogP contribution in [-0.2, 0) is 4.79 Å². The van der Waals surface area contributed by atoms with Crippen LogP contribution in [0.2, 0.25) is 0 Å². The zero-order chi connectivity index (χ0) is 16.8. The summed E-state index contributed by atoms with van der Waals surface area (Å²) < 4.78 is 0. The quantitative estimate of drug-likeness (QED) is 0.766. The second-order valence-electron chi connectivity index (χ2n) is 8.55. The number of hydrogen-bond acceptors (Lipinski definition) is 2. The van der Waals surface area contributed by atoms with Crippen LogP contribution in [0.4, 0.5) is 0 Å². The topological polar surface area (TPSA) is 37.3 Å². The Labute approximate surface area is 135 Å². The highest BCUT2D eigenvalue weighted by Crippen LogP contribution is 2.60. The zero-order valence-electron chi connectivity index (χ0n) is 14.7. The lowest BCUT2D eigenvalue weighted by molar-refractivity contribution is -0.145. The second-order valence-corrected chi connectivity index (χ2v) is 8.55. The van der Waals surface area contributed by atoms with E-state index in [0.717, 1.165) is 25.7 Å². The Morgan fingerprint density at radius 3 is 2.59 bits per heavy atom. The third-order valence-corrected chi connectivity index (χ3v) is 6.70. The third kappa shape index (κ3) is 2.82. The molecule has 2 aliphatic carbocycles. The first-order chi connectivity index (χ1) is 10.0. The molecule has 4 unspecified atom stereocenters. The fraction of sp³-hybridized carbons (Fsp3) is 0.750. The largest absolute Gasteiger partial charge is 0.386 e. The summed E-state index contributed by atoms with van der Waals surface area (Å²) >= 11 is 0. The van der Waals surface area contributed by atoms with Gasteiger partial charge in [0, 0.05) is 11.8 Å². The average molecular weight is 304 g/mol. The van der Waals surface area contributed by atoms with E-state index >= 15 is 0 Å². The Bertz CT molecular complexity index is 486. The fourth-order valence-corrected chi connectivity index (χ4v) is 5.05. The van der Waals surface area contributed by atoms with Gasteiger partial charge in [-0.05, 0) is 56.3 Å². The minimum atomic E-state index is -0.816. The van der Waals surface area contributed by atoms with Gasteiger partial charge in [0.2, 0.25) is 0 Å². The van der Waals surface area contributed by atoms with Crippen molar-refractivity contribution in [1.82, 2.24) is 0 Å². The summed E-state index contributed by atoms with van der Waals surface area (Å²) in [6.07, 6.45) is 6.99. The van der Waals surface area contributed by atoms with Gasteiger partial charge in [0.05, 0.1) is 5.60 Å². The Balaban J connectivity index is 2.27. The van der Waals surface area contributed by atoms with E-state index in [0.29, 0.717) is 30.5 Å². The molecule has 0 aromatic rings. The first-order valence-corrected chi connectivity index (χ1v) is 8.61. The summed E-state index contributed by atoms with van der Waals surface area (Å²) in [4.78, 5) is 12.4. The van der Waals surface area contributed by atoms with Crippen LogP contribution in [0.3, 0.4) is 0 Å². The highest BCUT2D eigenvalue weighted by atomic mass is 16.3. The van der Waals surface area contributed by atoms with Crippen LogP contribution in [0.15, 0.2) is 24.8 Å². The van der Waals surface area contributed by atoms with Crippen molar-refractivity contribution in [3.8, 4) is 0 Å². The van der Waals surface area contributed by atoms with Crippen LogP contribution in [0, 0.1) is 22.7 Å². The molecule has 22 heavy (non-hydrogen) atoms. The van der Waals surface area contributed by atoms with Crippen LogP contribution in [-0.4, -0.2) is 16.5 Å².